The summed E-state index contributed by atoms with van der Waals surface area (Å²) >= 11 is 5.54. The Morgan fingerprint density at radius 3 is 2.48 bits per heavy atom. The van der Waals surface area contributed by atoms with E-state index in [1.165, 1.54) is 0 Å². The quantitative estimate of drug-likeness (QED) is 0.773. The van der Waals surface area contributed by atoms with Gasteiger partial charge in [0, 0.05) is 19.5 Å². The molecule has 0 spiro atoms. The number of thiocarbonyl (C=S) groups is 1. The van der Waals surface area contributed by atoms with Crippen LogP contribution in [-0.2, 0) is 17.8 Å². The molecule has 2 heterocycles. The molecule has 1 saturated heterocycles. The Bertz CT molecular complexity index is 596. The standard InChI is InChI=1S/C17H22N2O3S/c1-4-5-6-18-16(20)13-7-11-8-14(21-2)15(22-3)9-12(11)10-19(13)17(18)23/h8-9,13H,4-7,10H2,1-3H3/t13-/m1/s1. The van der Waals surface area contributed by atoms with Crippen molar-refractivity contribution in [2.45, 2.75) is 38.8 Å². The van der Waals surface area contributed by atoms with Crippen molar-refractivity contribution < 1.29 is 14.3 Å². The molecule has 0 N–H and O–H groups in total. The summed E-state index contributed by atoms with van der Waals surface area (Å²) in [5, 5.41) is 0.661. The van der Waals surface area contributed by atoms with Gasteiger partial charge in [0.1, 0.15) is 6.04 Å². The molecule has 5 nitrogen and oxygen atoms in total. The second-order valence-corrected chi connectivity index (χ2v) is 6.31. The summed E-state index contributed by atoms with van der Waals surface area (Å²) in [7, 11) is 3.26. The second-order valence-electron chi connectivity index (χ2n) is 5.95. The number of hydrogen-bond donors (Lipinski definition) is 0. The third-order valence-corrected chi connectivity index (χ3v) is 5.05. The Morgan fingerprint density at radius 2 is 1.87 bits per heavy atom. The summed E-state index contributed by atoms with van der Waals surface area (Å²) in [5.74, 6) is 1.54. The summed E-state index contributed by atoms with van der Waals surface area (Å²) in [6.07, 6.45) is 2.68. The molecular formula is C17H22N2O3S. The van der Waals surface area contributed by atoms with Gasteiger partial charge in [0.2, 0.25) is 0 Å². The Morgan fingerprint density at radius 1 is 1.22 bits per heavy atom. The van der Waals surface area contributed by atoms with E-state index in [4.69, 9.17) is 21.7 Å². The number of carbonyl (C=O) groups excluding carboxylic acids is 1. The van der Waals surface area contributed by atoms with Gasteiger partial charge in [-0.05, 0) is 41.9 Å². The fourth-order valence-corrected chi connectivity index (χ4v) is 3.66. The van der Waals surface area contributed by atoms with Gasteiger partial charge in [-0.3, -0.25) is 9.69 Å². The average Bonchev–Trinajstić information content (AvgIpc) is 2.80. The molecule has 1 amide bonds. The van der Waals surface area contributed by atoms with Gasteiger partial charge in [-0.25, -0.2) is 0 Å². The number of benzene rings is 1. The van der Waals surface area contributed by atoms with Gasteiger partial charge in [0.05, 0.1) is 14.2 Å². The molecular weight excluding hydrogens is 312 g/mol. The third kappa shape index (κ3) is 2.65. The van der Waals surface area contributed by atoms with Crippen LogP contribution < -0.4 is 9.47 Å². The van der Waals surface area contributed by atoms with Crippen LogP contribution in [0.2, 0.25) is 0 Å². The van der Waals surface area contributed by atoms with Gasteiger partial charge in [-0.1, -0.05) is 13.3 Å². The normalized spacial score (nSPS) is 19.7. The van der Waals surface area contributed by atoms with Crippen molar-refractivity contribution in [3.63, 3.8) is 0 Å². The summed E-state index contributed by atoms with van der Waals surface area (Å²) in [4.78, 5) is 16.5. The summed E-state index contributed by atoms with van der Waals surface area (Å²) < 4.78 is 10.8. The van der Waals surface area contributed by atoms with Crippen molar-refractivity contribution in [1.82, 2.24) is 9.80 Å². The Hall–Kier alpha value is -1.82. The van der Waals surface area contributed by atoms with Crippen molar-refractivity contribution in [3.05, 3.63) is 23.3 Å². The van der Waals surface area contributed by atoms with Crippen LogP contribution in [0.25, 0.3) is 0 Å². The van der Waals surface area contributed by atoms with Crippen LogP contribution in [0.15, 0.2) is 12.1 Å². The van der Waals surface area contributed by atoms with E-state index in [0.717, 1.165) is 24.0 Å². The number of unbranched alkanes of at least 4 members (excludes halogenated alkanes) is 1. The zero-order valence-corrected chi connectivity index (χ0v) is 14.6. The molecule has 0 aromatic heterocycles. The molecule has 0 radical (unpaired) electrons. The molecule has 0 saturated carbocycles. The number of rotatable bonds is 5. The van der Waals surface area contributed by atoms with Crippen molar-refractivity contribution in [2.75, 3.05) is 20.8 Å². The smallest absolute Gasteiger partial charge is 0.251 e. The molecule has 2 aliphatic rings. The fraction of sp³-hybridized carbons (Fsp3) is 0.529. The van der Waals surface area contributed by atoms with Crippen LogP contribution in [0.4, 0.5) is 0 Å². The second kappa shape index (κ2) is 6.35. The molecule has 1 aromatic carbocycles. The first-order valence-corrected chi connectivity index (χ1v) is 8.37. The number of carbonyl (C=O) groups is 1. The maximum Gasteiger partial charge on any atom is 0.251 e. The van der Waals surface area contributed by atoms with E-state index in [1.807, 2.05) is 17.0 Å². The van der Waals surface area contributed by atoms with Gasteiger partial charge >= 0.3 is 0 Å². The van der Waals surface area contributed by atoms with E-state index in [-0.39, 0.29) is 11.9 Å². The summed E-state index contributed by atoms with van der Waals surface area (Å²) in [6, 6.07) is 3.80. The third-order valence-electron chi connectivity index (χ3n) is 4.60. The molecule has 124 valence electrons. The molecule has 1 atom stereocenters. The van der Waals surface area contributed by atoms with Gasteiger partial charge < -0.3 is 14.4 Å². The number of ether oxygens (including phenoxy) is 2. The highest BCUT2D eigenvalue weighted by Gasteiger charge is 2.44. The monoisotopic (exact) mass is 334 g/mol. The Kier molecular flexibility index (Phi) is 4.43. The van der Waals surface area contributed by atoms with E-state index in [2.05, 4.69) is 6.92 Å². The maximum absolute atomic E-state index is 12.7. The van der Waals surface area contributed by atoms with Crippen LogP contribution in [0, 0.1) is 0 Å². The molecule has 1 aromatic rings. The zero-order chi connectivity index (χ0) is 16.6. The molecule has 6 heteroatoms. The van der Waals surface area contributed by atoms with Crippen LogP contribution in [0.5, 0.6) is 11.5 Å². The number of methoxy groups -OCH3 is 2. The zero-order valence-electron chi connectivity index (χ0n) is 13.8. The van der Waals surface area contributed by atoms with Gasteiger partial charge in [0.25, 0.3) is 5.91 Å². The van der Waals surface area contributed by atoms with Gasteiger partial charge in [0.15, 0.2) is 16.6 Å². The first-order valence-electron chi connectivity index (χ1n) is 7.96. The van der Waals surface area contributed by atoms with E-state index in [1.54, 1.807) is 19.1 Å². The largest absolute Gasteiger partial charge is 0.493 e. The number of hydrogen-bond acceptors (Lipinski definition) is 4. The van der Waals surface area contributed by atoms with E-state index in [9.17, 15) is 4.79 Å². The predicted molar refractivity (Wildman–Crippen MR) is 91.8 cm³/mol. The predicted octanol–water partition coefficient (Wildman–Crippen LogP) is 2.36. The van der Waals surface area contributed by atoms with Crippen molar-refractivity contribution in [3.8, 4) is 11.5 Å². The topological polar surface area (TPSA) is 42.0 Å². The van der Waals surface area contributed by atoms with E-state index >= 15 is 0 Å². The van der Waals surface area contributed by atoms with Crippen LogP contribution in [0.3, 0.4) is 0 Å². The lowest BCUT2D eigenvalue weighted by atomic mass is 9.94. The minimum atomic E-state index is -0.176. The molecule has 0 aliphatic carbocycles. The minimum Gasteiger partial charge on any atom is -0.493 e. The lowest BCUT2D eigenvalue weighted by Gasteiger charge is -2.31. The van der Waals surface area contributed by atoms with Crippen molar-refractivity contribution >= 4 is 23.2 Å². The van der Waals surface area contributed by atoms with Gasteiger partial charge in [-0.2, -0.15) is 0 Å². The average molecular weight is 334 g/mol. The first-order chi connectivity index (χ1) is 11.1. The first kappa shape index (κ1) is 16.1. The van der Waals surface area contributed by atoms with Crippen molar-refractivity contribution in [2.24, 2.45) is 0 Å². The fourth-order valence-electron chi connectivity index (χ4n) is 3.29. The molecule has 0 unspecified atom stereocenters. The molecule has 0 bridgehead atoms. The molecule has 3 rings (SSSR count). The van der Waals surface area contributed by atoms with E-state index in [0.29, 0.717) is 36.1 Å². The number of fused-ring (bicyclic) bond motifs is 2. The molecule has 2 aliphatic heterocycles. The molecule has 23 heavy (non-hydrogen) atoms. The highest BCUT2D eigenvalue weighted by molar-refractivity contribution is 7.80. The van der Waals surface area contributed by atoms with Crippen LogP contribution in [-0.4, -0.2) is 47.6 Å². The summed E-state index contributed by atoms with van der Waals surface area (Å²) in [5.41, 5.74) is 2.28. The SMILES string of the molecule is CCCCN1C(=O)[C@H]2Cc3cc(OC)c(OC)cc3CN2C1=S. The summed E-state index contributed by atoms with van der Waals surface area (Å²) in [6.45, 7) is 3.48. The van der Waals surface area contributed by atoms with Gasteiger partial charge in [-0.15, -0.1) is 0 Å². The maximum atomic E-state index is 12.7. The van der Waals surface area contributed by atoms with Crippen LogP contribution in [0.1, 0.15) is 30.9 Å². The van der Waals surface area contributed by atoms with Crippen LogP contribution >= 0.6 is 12.2 Å². The molecule has 1 fully saturated rings. The van der Waals surface area contributed by atoms with Crippen molar-refractivity contribution in [1.29, 1.82) is 0 Å². The van der Waals surface area contributed by atoms with E-state index < -0.39 is 0 Å². The number of nitrogens with zero attached hydrogens (tertiary/aromatic N) is 2. The Balaban J connectivity index is 1.90. The highest BCUT2D eigenvalue weighted by Crippen LogP contribution is 2.37. The minimum absolute atomic E-state index is 0.129. The highest BCUT2D eigenvalue weighted by atomic mass is 32.1. The Labute approximate surface area is 142 Å². The lowest BCUT2D eigenvalue weighted by Crippen LogP contribution is -2.40. The lowest BCUT2D eigenvalue weighted by molar-refractivity contribution is -0.128. The number of amides is 1.